The smallest absolute Gasteiger partial charge is 0.234 e. The molecule has 0 saturated heterocycles. The zero-order chi connectivity index (χ0) is 28.7. The van der Waals surface area contributed by atoms with Crippen LogP contribution in [0, 0.1) is 0 Å². The molecule has 0 aliphatic carbocycles. The number of carbonyl (C=O) groups is 6. The summed E-state index contributed by atoms with van der Waals surface area (Å²) in [4.78, 5) is 63.9. The van der Waals surface area contributed by atoms with Crippen LogP contribution in [0.1, 0.15) is 26.7 Å². The summed E-state index contributed by atoms with van der Waals surface area (Å²) in [6.45, 7) is 0. The molecule has 37 heavy (non-hydrogen) atoms. The maximum Gasteiger partial charge on any atom is 0.234 e. The van der Waals surface area contributed by atoms with Crippen molar-refractivity contribution in [2.24, 2.45) is 0 Å². The van der Waals surface area contributed by atoms with E-state index in [4.69, 9.17) is 0 Å². The molecule has 17 heteroatoms. The Morgan fingerprint density at radius 3 is 1.05 bits per heavy atom. The number of sulfone groups is 1. The monoisotopic (exact) mass is 574 g/mol. The molecule has 0 saturated carbocycles. The predicted molar refractivity (Wildman–Crippen MR) is 142 cm³/mol. The number of carbonyl (C=O) groups excluding carboxylic acids is 6. The number of rotatable bonds is 12. The average Bonchev–Trinajstić information content (AvgIpc) is 2.83. The Labute approximate surface area is 221 Å². The fourth-order valence-corrected chi connectivity index (χ4v) is 3.91. The third-order valence-electron chi connectivity index (χ3n) is 3.77. The molecule has 6 amide bonds. The highest BCUT2D eigenvalue weighted by atomic mass is 32.2. The molecule has 0 fully saturated rings. The summed E-state index contributed by atoms with van der Waals surface area (Å²) in [6.07, 6.45) is 1.45. The Bertz CT molecular complexity index is 804. The molecule has 0 aromatic carbocycles. The molecule has 0 aliphatic heterocycles. The summed E-state index contributed by atoms with van der Waals surface area (Å²) in [5, 5.41) is 13.9. The van der Waals surface area contributed by atoms with Crippen LogP contribution in [0.25, 0.3) is 0 Å². The zero-order valence-electron chi connectivity index (χ0n) is 21.4. The van der Waals surface area contributed by atoms with E-state index in [0.717, 1.165) is 0 Å². The first-order valence-corrected chi connectivity index (χ1v) is 13.8. The normalized spacial score (nSPS) is 9.49. The minimum absolute atomic E-state index is 0. The molecule has 0 radical (unpaired) electrons. The number of hydrogen-bond donors (Lipinski definition) is 6. The summed E-state index contributed by atoms with van der Waals surface area (Å²) in [6, 6.07) is 0. The van der Waals surface area contributed by atoms with Crippen LogP contribution in [0.5, 0.6) is 0 Å². The molecular weight excluding hydrogens is 532 g/mol. The van der Waals surface area contributed by atoms with Gasteiger partial charge in [0, 0.05) is 65.9 Å². The molecule has 0 aromatic rings. The van der Waals surface area contributed by atoms with Gasteiger partial charge in [-0.1, -0.05) is 7.43 Å². The molecule has 0 aliphatic rings. The van der Waals surface area contributed by atoms with Crippen molar-refractivity contribution < 1.29 is 41.4 Å². The zero-order valence-corrected chi connectivity index (χ0v) is 23.1. The van der Waals surface area contributed by atoms with Gasteiger partial charge in [-0.25, -0.2) is 8.42 Å². The molecular formula is C20H42N6O9S2. The van der Waals surface area contributed by atoms with Crippen molar-refractivity contribution in [2.75, 3.05) is 65.3 Å². The molecule has 0 unspecified atom stereocenters. The van der Waals surface area contributed by atoms with Crippen LogP contribution in [0.3, 0.4) is 0 Å². The lowest BCUT2D eigenvalue weighted by atomic mass is 10.2. The van der Waals surface area contributed by atoms with Gasteiger partial charge in [0.1, 0.15) is 23.0 Å². The maximum atomic E-state index is 11.0. The lowest BCUT2D eigenvalue weighted by molar-refractivity contribution is -0.122. The van der Waals surface area contributed by atoms with Crippen LogP contribution in [-0.4, -0.2) is 113 Å². The Balaban J connectivity index is -0.000000219. The standard InChI is InChI=1S/C7H14N2O2.C6H12N2O4S.C6H12N2O3S.CH4/c1-8-6(10)4-3-5-7(11)9-2;1-7-5(9)3-13(11,12)4-6(10)8-2;1-7-5(9)3-12(11)4-6(10)8-2;/h3-5H2,1-2H3,(H,8,10)(H,9,11);3-4H2,1-2H3,(H,7,9)(H,8,10);3-4H2,1-2H3,(H,7,9)(H,8,10);1H4. The average molecular weight is 575 g/mol. The van der Waals surface area contributed by atoms with Gasteiger partial charge in [-0.15, -0.1) is 0 Å². The first kappa shape index (κ1) is 41.1. The van der Waals surface area contributed by atoms with E-state index in [0.29, 0.717) is 19.3 Å². The summed E-state index contributed by atoms with van der Waals surface area (Å²) in [5.74, 6) is -3.48. The van der Waals surface area contributed by atoms with Crippen molar-refractivity contribution in [3.63, 3.8) is 0 Å². The summed E-state index contributed by atoms with van der Waals surface area (Å²) < 4.78 is 33.1. The minimum atomic E-state index is -3.63. The highest BCUT2D eigenvalue weighted by Gasteiger charge is 2.19. The summed E-state index contributed by atoms with van der Waals surface area (Å²) in [5.41, 5.74) is 0. The van der Waals surface area contributed by atoms with E-state index in [2.05, 4.69) is 31.9 Å². The van der Waals surface area contributed by atoms with Gasteiger partial charge in [-0.05, 0) is 6.42 Å². The van der Waals surface area contributed by atoms with Crippen LogP contribution in [0.2, 0.25) is 0 Å². The Morgan fingerprint density at radius 2 is 0.811 bits per heavy atom. The van der Waals surface area contributed by atoms with Crippen molar-refractivity contribution in [3.8, 4) is 0 Å². The fraction of sp³-hybridized carbons (Fsp3) is 0.700. The van der Waals surface area contributed by atoms with E-state index in [9.17, 15) is 41.4 Å². The first-order valence-electron chi connectivity index (χ1n) is 10.5. The van der Waals surface area contributed by atoms with Crippen LogP contribution in [0.15, 0.2) is 0 Å². The van der Waals surface area contributed by atoms with E-state index in [-0.39, 0.29) is 42.6 Å². The van der Waals surface area contributed by atoms with Gasteiger partial charge in [0.05, 0.1) is 0 Å². The lowest BCUT2D eigenvalue weighted by Crippen LogP contribution is -2.33. The van der Waals surface area contributed by atoms with E-state index >= 15 is 0 Å². The van der Waals surface area contributed by atoms with E-state index < -0.39 is 44.0 Å². The van der Waals surface area contributed by atoms with Crippen molar-refractivity contribution in [1.82, 2.24) is 31.9 Å². The Kier molecular flexibility index (Phi) is 27.3. The fourth-order valence-electron chi connectivity index (χ4n) is 1.74. The molecule has 15 nitrogen and oxygen atoms in total. The Hall–Kier alpha value is -3.08. The molecule has 0 atom stereocenters. The second-order valence-electron chi connectivity index (χ2n) is 6.65. The van der Waals surface area contributed by atoms with E-state index in [1.165, 1.54) is 28.2 Å². The quantitative estimate of drug-likeness (QED) is 0.135. The molecule has 0 spiro atoms. The molecule has 218 valence electrons. The van der Waals surface area contributed by atoms with Crippen LogP contribution >= 0.6 is 0 Å². The van der Waals surface area contributed by atoms with Gasteiger partial charge in [-0.3, -0.25) is 33.0 Å². The van der Waals surface area contributed by atoms with Gasteiger partial charge in [-0.2, -0.15) is 0 Å². The number of amides is 6. The predicted octanol–water partition coefficient (Wildman–Crippen LogP) is -3.59. The maximum absolute atomic E-state index is 11.0. The Morgan fingerprint density at radius 1 is 0.541 bits per heavy atom. The largest absolute Gasteiger partial charge is 0.359 e. The first-order chi connectivity index (χ1) is 16.7. The minimum Gasteiger partial charge on any atom is -0.359 e. The lowest BCUT2D eigenvalue weighted by Gasteiger charge is -2.01. The van der Waals surface area contributed by atoms with Crippen molar-refractivity contribution in [2.45, 2.75) is 26.7 Å². The molecule has 6 N–H and O–H groups in total. The van der Waals surface area contributed by atoms with Crippen molar-refractivity contribution in [3.05, 3.63) is 0 Å². The number of hydrogen-bond acceptors (Lipinski definition) is 9. The topological polar surface area (TPSA) is 226 Å². The highest BCUT2D eigenvalue weighted by molar-refractivity contribution is 7.92. The third-order valence-corrected chi connectivity index (χ3v) is 6.34. The van der Waals surface area contributed by atoms with Gasteiger partial charge in [0.15, 0.2) is 9.84 Å². The van der Waals surface area contributed by atoms with E-state index in [1.54, 1.807) is 14.1 Å². The second kappa shape index (κ2) is 24.6. The van der Waals surface area contributed by atoms with Crippen molar-refractivity contribution >= 4 is 56.1 Å². The van der Waals surface area contributed by atoms with Gasteiger partial charge in [0.2, 0.25) is 35.4 Å². The summed E-state index contributed by atoms with van der Waals surface area (Å²) in [7, 11) is 3.72. The highest BCUT2D eigenvalue weighted by Crippen LogP contribution is 1.94. The van der Waals surface area contributed by atoms with Crippen LogP contribution in [0.4, 0.5) is 0 Å². The van der Waals surface area contributed by atoms with Crippen LogP contribution in [-0.2, 0) is 49.4 Å². The molecule has 0 bridgehead atoms. The van der Waals surface area contributed by atoms with Crippen molar-refractivity contribution in [1.29, 1.82) is 0 Å². The molecule has 0 heterocycles. The number of nitrogens with one attached hydrogen (secondary N) is 6. The van der Waals surface area contributed by atoms with Gasteiger partial charge >= 0.3 is 0 Å². The molecule has 0 aromatic heterocycles. The van der Waals surface area contributed by atoms with Gasteiger partial charge < -0.3 is 31.9 Å². The van der Waals surface area contributed by atoms with E-state index in [1.807, 2.05) is 0 Å². The summed E-state index contributed by atoms with van der Waals surface area (Å²) >= 11 is 0. The SMILES string of the molecule is C.CNC(=O)CCCC(=O)NC.CNC(=O)CS(=O)(=O)CC(=O)NC.CNC(=O)CS(=O)CC(=O)NC. The third kappa shape index (κ3) is 29.0. The van der Waals surface area contributed by atoms with Gasteiger partial charge in [0.25, 0.3) is 0 Å². The second-order valence-corrected chi connectivity index (χ2v) is 10.2. The van der Waals surface area contributed by atoms with Crippen LogP contribution < -0.4 is 31.9 Å². The molecule has 0 rings (SSSR count).